The second kappa shape index (κ2) is 6.37. The van der Waals surface area contributed by atoms with Gasteiger partial charge in [0.2, 0.25) is 0 Å². The Morgan fingerprint density at radius 1 is 1.25 bits per heavy atom. The molecule has 0 amide bonds. The summed E-state index contributed by atoms with van der Waals surface area (Å²) in [6.45, 7) is 2.00. The van der Waals surface area contributed by atoms with Crippen LogP contribution in [-0.4, -0.2) is 7.11 Å². The SMILES string of the molecule is COc1cc(C)c(Br)cc1C(N)Cc1ccc(F)cc1. The molecule has 0 saturated heterocycles. The molecule has 2 N–H and O–H groups in total. The van der Waals surface area contributed by atoms with Gasteiger partial charge in [-0.1, -0.05) is 28.1 Å². The molecule has 0 radical (unpaired) electrons. The molecule has 0 aliphatic rings. The number of rotatable bonds is 4. The molecule has 0 heterocycles. The molecule has 106 valence electrons. The molecule has 1 unspecified atom stereocenters. The van der Waals surface area contributed by atoms with Gasteiger partial charge in [-0.25, -0.2) is 4.39 Å². The number of aryl methyl sites for hydroxylation is 1. The van der Waals surface area contributed by atoms with Crippen LogP contribution in [0.2, 0.25) is 0 Å². The highest BCUT2D eigenvalue weighted by Gasteiger charge is 2.14. The Balaban J connectivity index is 2.26. The van der Waals surface area contributed by atoms with E-state index in [0.29, 0.717) is 6.42 Å². The molecular formula is C16H17BrFNO. The zero-order valence-corrected chi connectivity index (χ0v) is 13.1. The number of methoxy groups -OCH3 is 1. The fourth-order valence-corrected chi connectivity index (χ4v) is 2.48. The van der Waals surface area contributed by atoms with E-state index in [-0.39, 0.29) is 11.9 Å². The van der Waals surface area contributed by atoms with Gasteiger partial charge in [0.05, 0.1) is 7.11 Å². The van der Waals surface area contributed by atoms with Crippen molar-refractivity contribution < 1.29 is 9.13 Å². The Labute approximate surface area is 126 Å². The van der Waals surface area contributed by atoms with Crippen LogP contribution < -0.4 is 10.5 Å². The van der Waals surface area contributed by atoms with E-state index in [4.69, 9.17) is 10.5 Å². The highest BCUT2D eigenvalue weighted by Crippen LogP contribution is 2.31. The molecule has 0 aliphatic heterocycles. The van der Waals surface area contributed by atoms with Crippen molar-refractivity contribution in [3.05, 3.63) is 63.4 Å². The maximum absolute atomic E-state index is 12.9. The maximum atomic E-state index is 12.9. The van der Waals surface area contributed by atoms with Crippen molar-refractivity contribution in [1.82, 2.24) is 0 Å². The fraction of sp³-hybridized carbons (Fsp3) is 0.250. The van der Waals surface area contributed by atoms with Crippen LogP contribution in [-0.2, 0) is 6.42 Å². The van der Waals surface area contributed by atoms with Gasteiger partial charge in [0, 0.05) is 16.1 Å². The first-order valence-electron chi connectivity index (χ1n) is 6.35. The number of benzene rings is 2. The van der Waals surface area contributed by atoms with Gasteiger partial charge in [0.25, 0.3) is 0 Å². The lowest BCUT2D eigenvalue weighted by Crippen LogP contribution is -2.14. The van der Waals surface area contributed by atoms with Crippen LogP contribution in [0.4, 0.5) is 4.39 Å². The number of hydrogen-bond acceptors (Lipinski definition) is 2. The van der Waals surface area contributed by atoms with E-state index in [1.807, 2.05) is 19.1 Å². The largest absolute Gasteiger partial charge is 0.496 e. The molecule has 0 fully saturated rings. The summed E-state index contributed by atoms with van der Waals surface area (Å²) in [7, 11) is 1.64. The monoisotopic (exact) mass is 337 g/mol. The highest BCUT2D eigenvalue weighted by molar-refractivity contribution is 9.10. The van der Waals surface area contributed by atoms with Crippen molar-refractivity contribution in [2.24, 2.45) is 5.73 Å². The third kappa shape index (κ3) is 3.38. The van der Waals surface area contributed by atoms with E-state index in [2.05, 4.69) is 15.9 Å². The van der Waals surface area contributed by atoms with Crippen LogP contribution >= 0.6 is 15.9 Å². The van der Waals surface area contributed by atoms with Crippen molar-refractivity contribution in [3.8, 4) is 5.75 Å². The average molecular weight is 338 g/mol. The normalized spacial score (nSPS) is 12.2. The topological polar surface area (TPSA) is 35.2 Å². The standard InChI is InChI=1S/C16H17BrFNO/c1-10-7-16(20-2)13(9-14(10)17)15(19)8-11-3-5-12(18)6-4-11/h3-7,9,15H,8,19H2,1-2H3. The van der Waals surface area contributed by atoms with E-state index >= 15 is 0 Å². The quantitative estimate of drug-likeness (QED) is 0.909. The van der Waals surface area contributed by atoms with E-state index in [0.717, 1.165) is 26.9 Å². The lowest BCUT2D eigenvalue weighted by Gasteiger charge is -2.17. The van der Waals surface area contributed by atoms with Gasteiger partial charge in [-0.05, 0) is 48.7 Å². The third-order valence-electron chi connectivity index (χ3n) is 3.28. The molecule has 0 spiro atoms. The molecule has 2 rings (SSSR count). The second-order valence-corrected chi connectivity index (χ2v) is 5.63. The minimum atomic E-state index is -0.238. The minimum Gasteiger partial charge on any atom is -0.496 e. The fourth-order valence-electron chi connectivity index (χ4n) is 2.12. The van der Waals surface area contributed by atoms with Crippen LogP contribution in [0.1, 0.15) is 22.7 Å². The molecule has 0 saturated carbocycles. The molecule has 2 nitrogen and oxygen atoms in total. The lowest BCUT2D eigenvalue weighted by atomic mass is 9.98. The first-order valence-corrected chi connectivity index (χ1v) is 7.14. The van der Waals surface area contributed by atoms with Crippen molar-refractivity contribution in [1.29, 1.82) is 0 Å². The van der Waals surface area contributed by atoms with E-state index in [1.165, 1.54) is 12.1 Å². The Kier molecular flexibility index (Phi) is 4.78. The molecule has 0 bridgehead atoms. The van der Waals surface area contributed by atoms with Crippen LogP contribution in [0.25, 0.3) is 0 Å². The molecule has 1 atom stereocenters. The summed E-state index contributed by atoms with van der Waals surface area (Å²) in [5.41, 5.74) is 9.30. The zero-order valence-electron chi connectivity index (χ0n) is 11.5. The summed E-state index contributed by atoms with van der Waals surface area (Å²) in [5, 5.41) is 0. The Morgan fingerprint density at radius 2 is 1.90 bits per heavy atom. The van der Waals surface area contributed by atoms with Crippen LogP contribution in [0, 0.1) is 12.7 Å². The van der Waals surface area contributed by atoms with Crippen LogP contribution in [0.5, 0.6) is 5.75 Å². The number of halogens is 2. The molecule has 2 aromatic rings. The van der Waals surface area contributed by atoms with Gasteiger partial charge < -0.3 is 10.5 Å². The first-order chi connectivity index (χ1) is 9.51. The van der Waals surface area contributed by atoms with Crippen molar-refractivity contribution in [2.45, 2.75) is 19.4 Å². The minimum absolute atomic E-state index is 0.202. The molecule has 0 aliphatic carbocycles. The van der Waals surface area contributed by atoms with E-state index in [9.17, 15) is 4.39 Å². The van der Waals surface area contributed by atoms with Crippen LogP contribution in [0.15, 0.2) is 40.9 Å². The Hall–Kier alpha value is -1.39. The maximum Gasteiger partial charge on any atom is 0.123 e. The van der Waals surface area contributed by atoms with Crippen molar-refractivity contribution >= 4 is 15.9 Å². The number of hydrogen-bond donors (Lipinski definition) is 1. The van der Waals surface area contributed by atoms with E-state index in [1.54, 1.807) is 19.2 Å². The van der Waals surface area contributed by atoms with Gasteiger partial charge in [-0.15, -0.1) is 0 Å². The van der Waals surface area contributed by atoms with E-state index < -0.39 is 0 Å². The first kappa shape index (κ1) is 15.0. The van der Waals surface area contributed by atoms with Gasteiger partial charge in [-0.2, -0.15) is 0 Å². The Morgan fingerprint density at radius 3 is 2.50 bits per heavy atom. The summed E-state index contributed by atoms with van der Waals surface area (Å²) in [6, 6.07) is 10.2. The van der Waals surface area contributed by atoms with Crippen molar-refractivity contribution in [3.63, 3.8) is 0 Å². The predicted octanol–water partition coefficient (Wildman–Crippen LogP) is 4.15. The predicted molar refractivity (Wildman–Crippen MR) is 82.5 cm³/mol. The second-order valence-electron chi connectivity index (χ2n) is 4.78. The molecule has 2 aromatic carbocycles. The van der Waals surface area contributed by atoms with Crippen molar-refractivity contribution in [2.75, 3.05) is 7.11 Å². The summed E-state index contributed by atoms with van der Waals surface area (Å²) < 4.78 is 19.3. The van der Waals surface area contributed by atoms with Gasteiger partial charge in [0.1, 0.15) is 11.6 Å². The summed E-state index contributed by atoms with van der Waals surface area (Å²) >= 11 is 3.51. The average Bonchev–Trinajstić information content (AvgIpc) is 2.43. The Bertz CT molecular complexity index is 598. The van der Waals surface area contributed by atoms with Crippen LogP contribution in [0.3, 0.4) is 0 Å². The smallest absolute Gasteiger partial charge is 0.123 e. The van der Waals surface area contributed by atoms with Gasteiger partial charge in [0.15, 0.2) is 0 Å². The summed E-state index contributed by atoms with van der Waals surface area (Å²) in [5.74, 6) is 0.540. The molecule has 0 aromatic heterocycles. The molecule has 20 heavy (non-hydrogen) atoms. The lowest BCUT2D eigenvalue weighted by molar-refractivity contribution is 0.405. The summed E-state index contributed by atoms with van der Waals surface area (Å²) in [4.78, 5) is 0. The highest BCUT2D eigenvalue weighted by atomic mass is 79.9. The van der Waals surface area contributed by atoms with Gasteiger partial charge >= 0.3 is 0 Å². The summed E-state index contributed by atoms with van der Waals surface area (Å²) in [6.07, 6.45) is 0.631. The number of ether oxygens (including phenoxy) is 1. The number of nitrogens with two attached hydrogens (primary N) is 1. The third-order valence-corrected chi connectivity index (χ3v) is 4.13. The molecular weight excluding hydrogens is 321 g/mol. The molecule has 4 heteroatoms. The van der Waals surface area contributed by atoms with Gasteiger partial charge in [-0.3, -0.25) is 0 Å². The zero-order chi connectivity index (χ0) is 14.7.